The molecule has 6 heteroatoms. The summed E-state index contributed by atoms with van der Waals surface area (Å²) in [5, 5.41) is 3.88. The largest absolute Gasteiger partial charge is 0.493 e. The van der Waals surface area contributed by atoms with E-state index in [4.69, 9.17) is 14.0 Å². The zero-order valence-corrected chi connectivity index (χ0v) is 16.6. The second-order valence-electron chi connectivity index (χ2n) is 6.77. The molecule has 0 fully saturated rings. The lowest BCUT2D eigenvalue weighted by atomic mass is 10.1. The Balaban J connectivity index is 1.61. The number of hydrogen-bond acceptors (Lipinski definition) is 5. The highest BCUT2D eigenvalue weighted by atomic mass is 16.5. The molecule has 1 amide bonds. The maximum atomic E-state index is 12.6. The van der Waals surface area contributed by atoms with Crippen molar-refractivity contribution in [3.8, 4) is 11.5 Å². The first-order valence-corrected chi connectivity index (χ1v) is 9.00. The molecule has 0 unspecified atom stereocenters. The molecule has 3 aromatic rings. The Labute approximate surface area is 164 Å². The Morgan fingerprint density at radius 3 is 2.46 bits per heavy atom. The molecule has 1 heterocycles. The first-order valence-electron chi connectivity index (χ1n) is 9.00. The van der Waals surface area contributed by atoms with E-state index in [1.165, 1.54) is 5.56 Å². The molecular weight excluding hydrogens is 356 g/mol. The highest BCUT2D eigenvalue weighted by Crippen LogP contribution is 2.28. The standard InChI is InChI=1S/C22H24N2O4/c1-15-5-8-17(9-6-15)13-24(3)22(25)19-12-18(28-23-19)14-27-20-10-7-16(2)11-21(20)26-4/h5-12H,13-14H2,1-4H3. The molecule has 0 saturated carbocycles. The van der Waals surface area contributed by atoms with E-state index < -0.39 is 0 Å². The van der Waals surface area contributed by atoms with E-state index in [0.717, 1.165) is 11.1 Å². The summed E-state index contributed by atoms with van der Waals surface area (Å²) in [6.45, 7) is 4.66. The van der Waals surface area contributed by atoms with Crippen LogP contribution in [0.2, 0.25) is 0 Å². The van der Waals surface area contributed by atoms with Gasteiger partial charge in [0.2, 0.25) is 0 Å². The lowest BCUT2D eigenvalue weighted by molar-refractivity contribution is 0.0774. The van der Waals surface area contributed by atoms with Crippen LogP contribution < -0.4 is 9.47 Å². The van der Waals surface area contributed by atoms with E-state index in [9.17, 15) is 4.79 Å². The minimum Gasteiger partial charge on any atom is -0.493 e. The van der Waals surface area contributed by atoms with Gasteiger partial charge in [-0.3, -0.25) is 4.79 Å². The van der Waals surface area contributed by atoms with Gasteiger partial charge in [0.05, 0.1) is 7.11 Å². The number of ether oxygens (including phenoxy) is 2. The minimum absolute atomic E-state index is 0.154. The molecule has 0 aliphatic carbocycles. The molecule has 1 aromatic heterocycles. The third-order valence-electron chi connectivity index (χ3n) is 4.35. The maximum Gasteiger partial charge on any atom is 0.276 e. The van der Waals surface area contributed by atoms with Crippen molar-refractivity contribution in [1.29, 1.82) is 0 Å². The number of hydrogen-bond donors (Lipinski definition) is 0. The van der Waals surface area contributed by atoms with Crippen LogP contribution >= 0.6 is 0 Å². The first kappa shape index (κ1) is 19.5. The third-order valence-corrected chi connectivity index (χ3v) is 4.35. The van der Waals surface area contributed by atoms with Gasteiger partial charge < -0.3 is 18.9 Å². The fourth-order valence-corrected chi connectivity index (χ4v) is 2.76. The van der Waals surface area contributed by atoms with Crippen molar-refractivity contribution in [2.24, 2.45) is 0 Å². The molecule has 0 saturated heterocycles. The molecule has 0 spiro atoms. The van der Waals surface area contributed by atoms with Crippen LogP contribution in [0.25, 0.3) is 0 Å². The van der Waals surface area contributed by atoms with Crippen molar-refractivity contribution in [1.82, 2.24) is 10.1 Å². The molecule has 0 N–H and O–H groups in total. The number of benzene rings is 2. The summed E-state index contributed by atoms with van der Waals surface area (Å²) < 4.78 is 16.3. The van der Waals surface area contributed by atoms with Gasteiger partial charge in [0.15, 0.2) is 23.0 Å². The van der Waals surface area contributed by atoms with Gasteiger partial charge in [0.25, 0.3) is 5.91 Å². The molecule has 0 radical (unpaired) electrons. The number of carbonyl (C=O) groups is 1. The predicted molar refractivity (Wildman–Crippen MR) is 106 cm³/mol. The third kappa shape index (κ3) is 4.71. The van der Waals surface area contributed by atoms with Gasteiger partial charge in [-0.2, -0.15) is 0 Å². The van der Waals surface area contributed by atoms with E-state index in [1.54, 1.807) is 25.1 Å². The average molecular weight is 380 g/mol. The predicted octanol–water partition coefficient (Wildman–Crippen LogP) is 4.15. The van der Waals surface area contributed by atoms with Crippen LogP contribution in [-0.2, 0) is 13.2 Å². The van der Waals surface area contributed by atoms with Crippen molar-refractivity contribution >= 4 is 5.91 Å². The molecule has 28 heavy (non-hydrogen) atoms. The summed E-state index contributed by atoms with van der Waals surface area (Å²) >= 11 is 0. The van der Waals surface area contributed by atoms with Gasteiger partial charge in [-0.1, -0.05) is 41.1 Å². The molecule has 2 aromatic carbocycles. The Bertz CT molecular complexity index is 947. The SMILES string of the molecule is COc1cc(C)ccc1OCc1cc(C(=O)N(C)Cc2ccc(C)cc2)no1. The minimum atomic E-state index is -0.205. The Kier molecular flexibility index (Phi) is 5.99. The monoisotopic (exact) mass is 380 g/mol. The lowest BCUT2D eigenvalue weighted by Gasteiger charge is -2.15. The van der Waals surface area contributed by atoms with Gasteiger partial charge in [0, 0.05) is 19.7 Å². The summed E-state index contributed by atoms with van der Waals surface area (Å²) in [5.74, 6) is 1.51. The van der Waals surface area contributed by atoms with E-state index in [1.807, 2.05) is 56.3 Å². The summed E-state index contributed by atoms with van der Waals surface area (Å²) in [5.41, 5.74) is 3.57. The van der Waals surface area contributed by atoms with Gasteiger partial charge >= 0.3 is 0 Å². The first-order chi connectivity index (χ1) is 13.5. The summed E-state index contributed by atoms with van der Waals surface area (Å²) in [7, 11) is 3.33. The molecule has 0 atom stereocenters. The molecule has 3 rings (SSSR count). The van der Waals surface area contributed by atoms with Crippen molar-refractivity contribution in [3.05, 3.63) is 76.7 Å². The normalized spacial score (nSPS) is 10.6. The van der Waals surface area contributed by atoms with Crippen LogP contribution in [0.1, 0.15) is 32.9 Å². The summed E-state index contributed by atoms with van der Waals surface area (Å²) in [6.07, 6.45) is 0. The smallest absolute Gasteiger partial charge is 0.276 e. The number of carbonyl (C=O) groups excluding carboxylic acids is 1. The van der Waals surface area contributed by atoms with Crippen LogP contribution in [0.15, 0.2) is 53.1 Å². The highest BCUT2D eigenvalue weighted by Gasteiger charge is 2.18. The zero-order chi connectivity index (χ0) is 20.1. The van der Waals surface area contributed by atoms with Crippen molar-refractivity contribution in [2.75, 3.05) is 14.2 Å². The maximum absolute atomic E-state index is 12.6. The molecular formula is C22H24N2O4. The molecule has 146 valence electrons. The number of methoxy groups -OCH3 is 1. The highest BCUT2D eigenvalue weighted by molar-refractivity contribution is 5.92. The number of amides is 1. The van der Waals surface area contributed by atoms with E-state index >= 15 is 0 Å². The summed E-state index contributed by atoms with van der Waals surface area (Å²) in [4.78, 5) is 14.2. The topological polar surface area (TPSA) is 64.8 Å². The summed E-state index contributed by atoms with van der Waals surface area (Å²) in [6, 6.07) is 15.3. The zero-order valence-electron chi connectivity index (χ0n) is 16.6. The van der Waals surface area contributed by atoms with Crippen LogP contribution in [0, 0.1) is 13.8 Å². The van der Waals surface area contributed by atoms with Crippen molar-refractivity contribution in [2.45, 2.75) is 27.0 Å². The van der Waals surface area contributed by atoms with Crippen LogP contribution in [0.4, 0.5) is 0 Å². The molecule has 6 nitrogen and oxygen atoms in total. The Morgan fingerprint density at radius 1 is 1.04 bits per heavy atom. The lowest BCUT2D eigenvalue weighted by Crippen LogP contribution is -2.26. The molecule has 0 aliphatic rings. The van der Waals surface area contributed by atoms with Crippen LogP contribution in [0.5, 0.6) is 11.5 Å². The van der Waals surface area contributed by atoms with Crippen molar-refractivity contribution < 1.29 is 18.8 Å². The fourth-order valence-electron chi connectivity index (χ4n) is 2.76. The van der Waals surface area contributed by atoms with Gasteiger partial charge in [-0.25, -0.2) is 0 Å². The second kappa shape index (κ2) is 8.61. The van der Waals surface area contributed by atoms with Crippen molar-refractivity contribution in [3.63, 3.8) is 0 Å². The van der Waals surface area contributed by atoms with Gasteiger partial charge in [-0.15, -0.1) is 0 Å². The number of aromatic nitrogens is 1. The van der Waals surface area contributed by atoms with Crippen LogP contribution in [-0.4, -0.2) is 30.1 Å². The quantitative estimate of drug-likeness (QED) is 0.616. The van der Waals surface area contributed by atoms with E-state index in [-0.39, 0.29) is 18.2 Å². The second-order valence-corrected chi connectivity index (χ2v) is 6.77. The van der Waals surface area contributed by atoms with E-state index in [0.29, 0.717) is 23.8 Å². The Hall–Kier alpha value is -3.28. The average Bonchev–Trinajstić information content (AvgIpc) is 3.17. The van der Waals surface area contributed by atoms with Gasteiger partial charge in [0.1, 0.15) is 6.61 Å². The number of aryl methyl sites for hydroxylation is 2. The number of rotatable bonds is 7. The molecule has 0 aliphatic heterocycles. The van der Waals surface area contributed by atoms with Gasteiger partial charge in [-0.05, 0) is 37.1 Å². The van der Waals surface area contributed by atoms with E-state index in [2.05, 4.69) is 5.16 Å². The fraction of sp³-hybridized carbons (Fsp3) is 0.273. The Morgan fingerprint density at radius 2 is 1.75 bits per heavy atom. The van der Waals surface area contributed by atoms with Crippen LogP contribution in [0.3, 0.4) is 0 Å². The molecule has 0 bridgehead atoms. The number of nitrogens with zero attached hydrogens (tertiary/aromatic N) is 2.